The molecule has 1 fully saturated rings. The molecule has 3 amide bonds. The molecular formula is C17H29N5O4. The Bertz CT molecular complexity index is 559. The van der Waals surface area contributed by atoms with Gasteiger partial charge in [0.1, 0.15) is 0 Å². The molecule has 0 spiro atoms. The third kappa shape index (κ3) is 6.61. The molecule has 1 saturated heterocycles. The fourth-order valence-electron chi connectivity index (χ4n) is 3.06. The molecule has 0 saturated carbocycles. The molecule has 2 aliphatic heterocycles. The van der Waals surface area contributed by atoms with Crippen LogP contribution in [-0.4, -0.2) is 58.8 Å². The molecule has 2 aliphatic rings. The summed E-state index contributed by atoms with van der Waals surface area (Å²) < 4.78 is 0. The van der Waals surface area contributed by atoms with Crippen molar-refractivity contribution in [1.29, 1.82) is 0 Å². The van der Waals surface area contributed by atoms with Crippen LogP contribution >= 0.6 is 0 Å². The van der Waals surface area contributed by atoms with Crippen molar-refractivity contribution < 1.29 is 19.5 Å². The van der Waals surface area contributed by atoms with Crippen LogP contribution < -0.4 is 10.6 Å². The molecule has 0 aliphatic carbocycles. The zero-order chi connectivity index (χ0) is 19.2. The van der Waals surface area contributed by atoms with Crippen molar-refractivity contribution >= 4 is 17.9 Å². The Kier molecular flexibility index (Phi) is 6.93. The van der Waals surface area contributed by atoms with Crippen molar-refractivity contribution in [3.05, 3.63) is 0 Å². The minimum Gasteiger partial charge on any atom is -0.481 e. The highest BCUT2D eigenvalue weighted by Crippen LogP contribution is 2.30. The Hall–Kier alpha value is -2.19. The second-order valence-corrected chi connectivity index (χ2v) is 7.30. The summed E-state index contributed by atoms with van der Waals surface area (Å²) in [6, 6.07) is 0.168. The van der Waals surface area contributed by atoms with Crippen LogP contribution in [0, 0.1) is 0 Å². The van der Waals surface area contributed by atoms with Gasteiger partial charge >= 0.3 is 12.0 Å². The van der Waals surface area contributed by atoms with Gasteiger partial charge in [-0.05, 0) is 26.7 Å². The molecule has 2 atom stereocenters. The van der Waals surface area contributed by atoms with Crippen LogP contribution in [0.2, 0.25) is 0 Å². The molecule has 9 heteroatoms. The fourth-order valence-corrected chi connectivity index (χ4v) is 3.06. The third-order valence-electron chi connectivity index (χ3n) is 4.93. The van der Waals surface area contributed by atoms with Gasteiger partial charge in [-0.2, -0.15) is 10.2 Å². The summed E-state index contributed by atoms with van der Waals surface area (Å²) in [6.45, 7) is 4.57. The van der Waals surface area contributed by atoms with Gasteiger partial charge in [0.15, 0.2) is 5.66 Å². The number of carbonyl (C=O) groups excluding carboxylic acids is 2. The van der Waals surface area contributed by atoms with Crippen LogP contribution in [0.4, 0.5) is 4.79 Å². The molecule has 146 valence electrons. The minimum atomic E-state index is -0.906. The second kappa shape index (κ2) is 8.95. The normalized spacial score (nSPS) is 22.6. The van der Waals surface area contributed by atoms with Gasteiger partial charge in [0.2, 0.25) is 5.91 Å². The Morgan fingerprint density at radius 1 is 1.15 bits per heavy atom. The minimum absolute atomic E-state index is 0.0142. The Morgan fingerprint density at radius 2 is 1.88 bits per heavy atom. The van der Waals surface area contributed by atoms with Crippen LogP contribution in [0.15, 0.2) is 10.2 Å². The number of aliphatic carboxylic acids is 1. The largest absolute Gasteiger partial charge is 0.481 e. The third-order valence-corrected chi connectivity index (χ3v) is 4.93. The lowest BCUT2D eigenvalue weighted by Gasteiger charge is -2.23. The van der Waals surface area contributed by atoms with E-state index in [9.17, 15) is 14.4 Å². The van der Waals surface area contributed by atoms with Crippen molar-refractivity contribution in [2.75, 3.05) is 13.1 Å². The maximum Gasteiger partial charge on any atom is 0.315 e. The fraction of sp³-hybridized carbons (Fsp3) is 0.824. The van der Waals surface area contributed by atoms with E-state index in [1.165, 1.54) is 0 Å². The van der Waals surface area contributed by atoms with Crippen LogP contribution in [0.5, 0.6) is 0 Å². The lowest BCUT2D eigenvalue weighted by molar-refractivity contribution is -0.138. The van der Waals surface area contributed by atoms with Crippen LogP contribution in [0.25, 0.3) is 0 Å². The molecule has 0 radical (unpaired) electrons. The number of hydrogen-bond acceptors (Lipinski definition) is 5. The first kappa shape index (κ1) is 20.1. The predicted molar refractivity (Wildman–Crippen MR) is 94.7 cm³/mol. The summed E-state index contributed by atoms with van der Waals surface area (Å²) in [5, 5.41) is 22.4. The zero-order valence-electron chi connectivity index (χ0n) is 15.5. The molecule has 3 N–H and O–H groups in total. The number of carboxylic acid groups (broad SMARTS) is 1. The highest BCUT2D eigenvalue weighted by Gasteiger charge is 2.34. The van der Waals surface area contributed by atoms with Gasteiger partial charge < -0.3 is 20.6 Å². The Morgan fingerprint density at radius 3 is 2.46 bits per heavy atom. The average Bonchev–Trinajstić information content (AvgIpc) is 3.21. The molecule has 0 aromatic rings. The van der Waals surface area contributed by atoms with E-state index in [0.29, 0.717) is 19.4 Å². The summed E-state index contributed by atoms with van der Waals surface area (Å²) in [5.74, 6) is -0.921. The molecule has 0 aromatic heterocycles. The van der Waals surface area contributed by atoms with Gasteiger partial charge in [0, 0.05) is 32.0 Å². The number of carboxylic acids is 1. The zero-order valence-corrected chi connectivity index (χ0v) is 15.5. The smallest absolute Gasteiger partial charge is 0.315 e. The highest BCUT2D eigenvalue weighted by molar-refractivity contribution is 5.77. The number of nitrogens with one attached hydrogen (secondary N) is 2. The van der Waals surface area contributed by atoms with Crippen molar-refractivity contribution in [1.82, 2.24) is 15.5 Å². The van der Waals surface area contributed by atoms with E-state index < -0.39 is 11.6 Å². The van der Waals surface area contributed by atoms with E-state index in [2.05, 4.69) is 20.9 Å². The highest BCUT2D eigenvalue weighted by atomic mass is 16.4. The molecule has 2 unspecified atom stereocenters. The van der Waals surface area contributed by atoms with Crippen molar-refractivity contribution in [3.63, 3.8) is 0 Å². The molecule has 9 nitrogen and oxygen atoms in total. The molecule has 0 bridgehead atoms. The monoisotopic (exact) mass is 367 g/mol. The van der Waals surface area contributed by atoms with E-state index >= 15 is 0 Å². The van der Waals surface area contributed by atoms with Gasteiger partial charge in [0.25, 0.3) is 0 Å². The van der Waals surface area contributed by atoms with E-state index in [-0.39, 0.29) is 37.0 Å². The van der Waals surface area contributed by atoms with Gasteiger partial charge in [-0.3, -0.25) is 9.59 Å². The van der Waals surface area contributed by atoms with Crippen LogP contribution in [-0.2, 0) is 9.59 Å². The first-order valence-corrected chi connectivity index (χ1v) is 9.30. The van der Waals surface area contributed by atoms with E-state index in [1.807, 2.05) is 13.8 Å². The van der Waals surface area contributed by atoms with Crippen LogP contribution in [0.3, 0.4) is 0 Å². The van der Waals surface area contributed by atoms with Crippen molar-refractivity contribution in [2.45, 2.75) is 76.5 Å². The Balaban J connectivity index is 1.64. The number of carbonyl (C=O) groups is 3. The number of urea groups is 1. The summed E-state index contributed by atoms with van der Waals surface area (Å²) in [6.07, 6.45) is 4.48. The van der Waals surface area contributed by atoms with Crippen molar-refractivity contribution in [3.8, 4) is 0 Å². The maximum absolute atomic E-state index is 12.4. The number of nitrogens with zero attached hydrogens (tertiary/aromatic N) is 3. The number of amides is 3. The number of rotatable bonds is 12. The molecule has 0 aromatic carbocycles. The van der Waals surface area contributed by atoms with E-state index in [1.54, 1.807) is 4.90 Å². The lowest BCUT2D eigenvalue weighted by Crippen LogP contribution is -2.35. The van der Waals surface area contributed by atoms with Gasteiger partial charge in [0.05, 0.1) is 12.5 Å². The number of hydrogen-bond donors (Lipinski definition) is 3. The molecule has 2 rings (SSSR count). The first-order valence-electron chi connectivity index (χ1n) is 9.30. The van der Waals surface area contributed by atoms with Gasteiger partial charge in [-0.1, -0.05) is 12.8 Å². The summed E-state index contributed by atoms with van der Waals surface area (Å²) in [5.41, 5.74) is -0.391. The molecule has 2 heterocycles. The lowest BCUT2D eigenvalue weighted by atomic mass is 10.0. The van der Waals surface area contributed by atoms with E-state index in [4.69, 9.17) is 5.11 Å². The summed E-state index contributed by atoms with van der Waals surface area (Å²) in [4.78, 5) is 36.1. The van der Waals surface area contributed by atoms with Crippen LogP contribution in [0.1, 0.15) is 58.8 Å². The SMILES string of the molecule is CC1NC(=O)NC1CCCCCC(=O)N(CCC(=O)O)CCC1(C)N=N1. The second-order valence-electron chi connectivity index (χ2n) is 7.30. The van der Waals surface area contributed by atoms with Gasteiger partial charge in [-0.25, -0.2) is 4.79 Å². The predicted octanol–water partition coefficient (Wildman–Crippen LogP) is 1.88. The standard InChI is InChI=1S/C17H29N5O4/c1-12-13(19-16(26)18-12)6-4-3-5-7-14(23)22(10-8-15(24)25)11-9-17(2)20-21-17/h12-13H,3-11H2,1-2H3,(H,24,25)(H2,18,19,26). The molecule has 26 heavy (non-hydrogen) atoms. The maximum atomic E-state index is 12.4. The van der Waals surface area contributed by atoms with Gasteiger partial charge in [-0.15, -0.1) is 0 Å². The average molecular weight is 367 g/mol. The summed E-state index contributed by atoms with van der Waals surface area (Å²) >= 11 is 0. The quantitative estimate of drug-likeness (QED) is 0.456. The van der Waals surface area contributed by atoms with E-state index in [0.717, 1.165) is 25.7 Å². The summed E-state index contributed by atoms with van der Waals surface area (Å²) in [7, 11) is 0. The Labute approximate surface area is 153 Å². The topological polar surface area (TPSA) is 123 Å². The molecular weight excluding hydrogens is 338 g/mol. The first-order chi connectivity index (χ1) is 12.3. The number of unbranched alkanes of at least 4 members (excludes halogenated alkanes) is 2. The van der Waals surface area contributed by atoms with Crippen molar-refractivity contribution in [2.24, 2.45) is 10.2 Å².